The molecule has 1 N–H and O–H groups in total. The zero-order valence-electron chi connectivity index (χ0n) is 15.2. The molecule has 0 aliphatic carbocycles. The maximum absolute atomic E-state index is 15.0. The summed E-state index contributed by atoms with van der Waals surface area (Å²) in [6.07, 6.45) is 3.04. The summed E-state index contributed by atoms with van der Waals surface area (Å²) in [5.74, 6) is -1.01. The standard InChI is InChI=1S/C19H21FN2O4.ClH/c1-10-3-5-21(6-4-10)16-14(20)8-22-15-12(11(2)9-26-17(15)16)7-13(18(22)23)19(24)25;/h7-8,10-11H,3-6,9H2,1-2H3,(H,24,25);1H/t11-;/m0./s1. The van der Waals surface area contributed by atoms with E-state index in [1.54, 1.807) is 0 Å². The van der Waals surface area contributed by atoms with Crippen molar-refractivity contribution in [3.63, 3.8) is 0 Å². The Hall–Kier alpha value is -2.28. The van der Waals surface area contributed by atoms with E-state index in [2.05, 4.69) is 6.92 Å². The first-order valence-corrected chi connectivity index (χ1v) is 8.91. The van der Waals surface area contributed by atoms with E-state index in [-0.39, 0.29) is 23.9 Å². The summed E-state index contributed by atoms with van der Waals surface area (Å²) in [7, 11) is 0. The van der Waals surface area contributed by atoms with Crippen molar-refractivity contribution in [2.24, 2.45) is 5.92 Å². The number of carbonyl (C=O) groups is 1. The molecule has 0 spiro atoms. The predicted molar refractivity (Wildman–Crippen MR) is 102 cm³/mol. The van der Waals surface area contributed by atoms with E-state index in [0.29, 0.717) is 35.0 Å². The van der Waals surface area contributed by atoms with Gasteiger partial charge in [0, 0.05) is 19.0 Å². The SMILES string of the molecule is CC1CCN(c2c(F)cn3c(=O)c(C(=O)O)cc4c3c2OC[C@@H]4C)CC1.Cl. The molecule has 6 nitrogen and oxygen atoms in total. The minimum atomic E-state index is -1.31. The molecule has 0 aromatic carbocycles. The van der Waals surface area contributed by atoms with Crippen LogP contribution in [-0.2, 0) is 0 Å². The van der Waals surface area contributed by atoms with E-state index in [0.717, 1.165) is 36.5 Å². The Labute approximate surface area is 162 Å². The minimum absolute atomic E-state index is 0. The number of hydrogen-bond acceptors (Lipinski definition) is 4. The molecule has 146 valence electrons. The first-order chi connectivity index (χ1) is 12.4. The summed E-state index contributed by atoms with van der Waals surface area (Å²) < 4.78 is 21.9. The van der Waals surface area contributed by atoms with Crippen LogP contribution in [0.5, 0.6) is 5.75 Å². The number of halogens is 2. The number of nitrogens with zero attached hydrogens (tertiary/aromatic N) is 2. The molecule has 2 aromatic heterocycles. The van der Waals surface area contributed by atoms with Gasteiger partial charge in [0.1, 0.15) is 11.3 Å². The van der Waals surface area contributed by atoms with Gasteiger partial charge in [-0.25, -0.2) is 9.18 Å². The minimum Gasteiger partial charge on any atom is -0.488 e. The van der Waals surface area contributed by atoms with Crippen molar-refractivity contribution in [2.75, 3.05) is 24.6 Å². The second kappa shape index (κ2) is 7.03. The fraction of sp³-hybridized carbons (Fsp3) is 0.474. The van der Waals surface area contributed by atoms with Gasteiger partial charge in [0.05, 0.1) is 18.3 Å². The number of ether oxygens (including phenoxy) is 1. The van der Waals surface area contributed by atoms with Crippen molar-refractivity contribution in [1.82, 2.24) is 4.40 Å². The molecule has 0 saturated carbocycles. The van der Waals surface area contributed by atoms with Crippen LogP contribution in [0.15, 0.2) is 17.1 Å². The Morgan fingerprint density at radius 1 is 1.30 bits per heavy atom. The average molecular weight is 397 g/mol. The van der Waals surface area contributed by atoms with E-state index in [1.807, 2.05) is 11.8 Å². The van der Waals surface area contributed by atoms with Crippen molar-refractivity contribution < 1.29 is 19.0 Å². The highest BCUT2D eigenvalue weighted by Crippen LogP contribution is 2.43. The normalized spacial score (nSPS) is 19.5. The lowest BCUT2D eigenvalue weighted by Crippen LogP contribution is -2.35. The summed E-state index contributed by atoms with van der Waals surface area (Å²) in [5.41, 5.74) is 0.472. The molecule has 4 heterocycles. The van der Waals surface area contributed by atoms with Crippen LogP contribution in [0, 0.1) is 11.7 Å². The Morgan fingerprint density at radius 2 is 1.96 bits per heavy atom. The van der Waals surface area contributed by atoms with Gasteiger partial charge < -0.3 is 14.7 Å². The zero-order valence-corrected chi connectivity index (χ0v) is 16.0. The van der Waals surface area contributed by atoms with Crippen LogP contribution in [0.4, 0.5) is 10.1 Å². The molecule has 1 saturated heterocycles. The predicted octanol–water partition coefficient (Wildman–Crippen LogP) is 3.29. The number of pyridine rings is 2. The van der Waals surface area contributed by atoms with Crippen molar-refractivity contribution >= 4 is 29.6 Å². The summed E-state index contributed by atoms with van der Waals surface area (Å²) in [5, 5.41) is 9.32. The lowest BCUT2D eigenvalue weighted by Gasteiger charge is -2.35. The van der Waals surface area contributed by atoms with Crippen LogP contribution < -0.4 is 15.2 Å². The van der Waals surface area contributed by atoms with Crippen LogP contribution in [-0.4, -0.2) is 35.2 Å². The topological polar surface area (TPSA) is 71.2 Å². The summed E-state index contributed by atoms with van der Waals surface area (Å²) in [6.45, 7) is 5.86. The quantitative estimate of drug-likeness (QED) is 0.843. The molecule has 2 aliphatic rings. The summed E-state index contributed by atoms with van der Waals surface area (Å²) >= 11 is 0. The van der Waals surface area contributed by atoms with Gasteiger partial charge in [-0.3, -0.25) is 9.20 Å². The van der Waals surface area contributed by atoms with Crippen molar-refractivity contribution in [1.29, 1.82) is 0 Å². The molecule has 27 heavy (non-hydrogen) atoms. The van der Waals surface area contributed by atoms with Gasteiger partial charge in [-0.2, -0.15) is 0 Å². The first-order valence-electron chi connectivity index (χ1n) is 8.91. The number of rotatable bonds is 2. The molecule has 0 amide bonds. The molecule has 1 fully saturated rings. The van der Waals surface area contributed by atoms with Gasteiger partial charge in [-0.05, 0) is 30.4 Å². The van der Waals surface area contributed by atoms with Crippen LogP contribution in [0.1, 0.15) is 48.5 Å². The van der Waals surface area contributed by atoms with Gasteiger partial charge in [0.15, 0.2) is 11.6 Å². The molecular weight excluding hydrogens is 375 g/mol. The molecule has 0 radical (unpaired) electrons. The first kappa shape index (κ1) is 19.5. The fourth-order valence-electron chi connectivity index (χ4n) is 3.91. The summed E-state index contributed by atoms with van der Waals surface area (Å²) in [4.78, 5) is 25.9. The smallest absolute Gasteiger partial charge is 0.341 e. The average Bonchev–Trinajstić information content (AvgIpc) is 2.60. The number of piperidine rings is 1. The lowest BCUT2D eigenvalue weighted by molar-refractivity contribution is 0.0694. The Balaban J connectivity index is 0.00000210. The Morgan fingerprint density at radius 3 is 2.59 bits per heavy atom. The number of anilines is 1. The van der Waals surface area contributed by atoms with Crippen molar-refractivity contribution in [3.8, 4) is 5.75 Å². The lowest BCUT2D eigenvalue weighted by atomic mass is 9.95. The number of aromatic nitrogens is 1. The highest BCUT2D eigenvalue weighted by molar-refractivity contribution is 5.90. The monoisotopic (exact) mass is 396 g/mol. The third kappa shape index (κ3) is 3.04. The third-order valence-electron chi connectivity index (χ3n) is 5.50. The second-order valence-electron chi connectivity index (χ2n) is 7.38. The van der Waals surface area contributed by atoms with Crippen molar-refractivity contribution in [2.45, 2.75) is 32.6 Å². The number of carboxylic acids is 1. The van der Waals surface area contributed by atoms with Crippen LogP contribution in [0.3, 0.4) is 0 Å². The van der Waals surface area contributed by atoms with Crippen LogP contribution in [0.25, 0.3) is 5.52 Å². The molecule has 4 rings (SSSR count). The number of aromatic carboxylic acids is 1. The number of hydrogen-bond donors (Lipinski definition) is 1. The van der Waals surface area contributed by atoms with E-state index in [9.17, 15) is 19.1 Å². The van der Waals surface area contributed by atoms with Gasteiger partial charge in [0.25, 0.3) is 5.56 Å². The molecular formula is C19H22ClFN2O4. The highest BCUT2D eigenvalue weighted by Gasteiger charge is 2.31. The zero-order chi connectivity index (χ0) is 18.6. The van der Waals surface area contributed by atoms with Crippen LogP contribution >= 0.6 is 12.4 Å². The van der Waals surface area contributed by atoms with Gasteiger partial charge >= 0.3 is 5.97 Å². The van der Waals surface area contributed by atoms with Gasteiger partial charge in [-0.15, -0.1) is 12.4 Å². The molecule has 8 heteroatoms. The van der Waals surface area contributed by atoms with E-state index in [4.69, 9.17) is 4.74 Å². The maximum Gasteiger partial charge on any atom is 0.341 e. The molecule has 2 aliphatic heterocycles. The molecule has 0 unspecified atom stereocenters. The van der Waals surface area contributed by atoms with Crippen molar-refractivity contribution in [3.05, 3.63) is 39.6 Å². The van der Waals surface area contributed by atoms with E-state index >= 15 is 0 Å². The third-order valence-corrected chi connectivity index (χ3v) is 5.50. The molecule has 0 bridgehead atoms. The number of carboxylic acid groups (broad SMARTS) is 1. The van der Waals surface area contributed by atoms with Crippen LogP contribution in [0.2, 0.25) is 0 Å². The fourth-order valence-corrected chi connectivity index (χ4v) is 3.91. The van der Waals surface area contributed by atoms with E-state index < -0.39 is 17.3 Å². The van der Waals surface area contributed by atoms with Gasteiger partial charge in [-0.1, -0.05) is 13.8 Å². The van der Waals surface area contributed by atoms with E-state index in [1.165, 1.54) is 6.07 Å². The highest BCUT2D eigenvalue weighted by atomic mass is 35.5. The molecule has 1 atom stereocenters. The Kier molecular flexibility index (Phi) is 5.08. The summed E-state index contributed by atoms with van der Waals surface area (Å²) in [6, 6.07) is 1.41. The maximum atomic E-state index is 15.0. The second-order valence-corrected chi connectivity index (χ2v) is 7.38. The largest absolute Gasteiger partial charge is 0.488 e. The molecule has 2 aromatic rings. The Bertz CT molecular complexity index is 967. The van der Waals surface area contributed by atoms with Gasteiger partial charge in [0.2, 0.25) is 0 Å².